The van der Waals surface area contributed by atoms with Crippen molar-refractivity contribution in [1.82, 2.24) is 20.4 Å². The molecule has 0 bridgehead atoms. The summed E-state index contributed by atoms with van der Waals surface area (Å²) in [4.78, 5) is 54.6. The third kappa shape index (κ3) is 3.32. The molecule has 0 spiro atoms. The van der Waals surface area contributed by atoms with Crippen LogP contribution in [0.1, 0.15) is 41.4 Å². The van der Waals surface area contributed by atoms with Crippen molar-refractivity contribution in [3.63, 3.8) is 0 Å². The molecule has 0 radical (unpaired) electrons. The number of terminal acetylenes is 2. The van der Waals surface area contributed by atoms with Gasteiger partial charge in [0, 0.05) is 59.2 Å². The Bertz CT molecular complexity index is 1080. The van der Waals surface area contributed by atoms with Gasteiger partial charge in [-0.05, 0) is 24.3 Å². The van der Waals surface area contributed by atoms with Crippen LogP contribution in [0.5, 0.6) is 0 Å². The molecule has 0 fully saturated rings. The van der Waals surface area contributed by atoms with Crippen molar-refractivity contribution in [3.05, 3.63) is 46.5 Å². The zero-order valence-corrected chi connectivity index (χ0v) is 17.2. The lowest BCUT2D eigenvalue weighted by Gasteiger charge is -2.32. The molecule has 2 aliphatic heterocycles. The molecule has 2 N–H and O–H groups in total. The first-order chi connectivity index (χ1) is 15.5. The van der Waals surface area contributed by atoms with Crippen molar-refractivity contribution in [1.29, 1.82) is 0 Å². The third-order valence-corrected chi connectivity index (χ3v) is 5.54. The van der Waals surface area contributed by atoms with E-state index in [0.717, 1.165) is 9.80 Å². The van der Waals surface area contributed by atoms with Gasteiger partial charge in [0.2, 0.25) is 0 Å². The number of amides is 4. The van der Waals surface area contributed by atoms with Crippen LogP contribution in [0, 0.1) is 24.7 Å². The number of nitrogens with one attached hydrogen (secondary N) is 2. The van der Waals surface area contributed by atoms with E-state index >= 15 is 0 Å². The van der Waals surface area contributed by atoms with E-state index in [0.29, 0.717) is 59.2 Å². The molecular weight excluding hydrogens is 408 g/mol. The Morgan fingerprint density at radius 1 is 0.625 bits per heavy atom. The fourth-order valence-corrected chi connectivity index (χ4v) is 4.08. The largest absolute Gasteiger partial charge is 0.304 e. The summed E-state index contributed by atoms with van der Waals surface area (Å²) in [6.45, 7) is 1.67. The maximum atomic E-state index is 13.1. The summed E-state index contributed by atoms with van der Waals surface area (Å²) in [7, 11) is 0. The molecule has 0 aliphatic carbocycles. The highest BCUT2D eigenvalue weighted by molar-refractivity contribution is 6.33. The maximum absolute atomic E-state index is 13.1. The van der Waals surface area contributed by atoms with Gasteiger partial charge < -0.3 is 10.6 Å². The van der Waals surface area contributed by atoms with E-state index < -0.39 is 23.6 Å². The summed E-state index contributed by atoms with van der Waals surface area (Å²) in [6, 6.07) is 6.18. The van der Waals surface area contributed by atoms with E-state index in [2.05, 4.69) is 22.5 Å². The zero-order chi connectivity index (χ0) is 22.8. The maximum Gasteiger partial charge on any atom is 0.261 e. The van der Waals surface area contributed by atoms with Gasteiger partial charge in [0.1, 0.15) is 0 Å². The van der Waals surface area contributed by atoms with Crippen LogP contribution < -0.4 is 10.6 Å². The van der Waals surface area contributed by atoms with Crippen LogP contribution in [0.25, 0.3) is 10.8 Å². The first kappa shape index (κ1) is 21.3. The van der Waals surface area contributed by atoms with Crippen LogP contribution in [-0.4, -0.2) is 72.7 Å². The van der Waals surface area contributed by atoms with E-state index in [1.54, 1.807) is 24.3 Å². The Morgan fingerprint density at radius 3 is 1.22 bits per heavy atom. The Labute approximate surface area is 184 Å². The predicted molar refractivity (Wildman–Crippen MR) is 118 cm³/mol. The van der Waals surface area contributed by atoms with Crippen LogP contribution in [0.4, 0.5) is 0 Å². The SMILES string of the molecule is C#CCNCCN1C(=O)c2ccc3c4c(ccc(c24)C1=O)C(=O)N(CCNCC#C)C3=O. The molecule has 4 rings (SSSR count). The summed E-state index contributed by atoms with van der Waals surface area (Å²) < 4.78 is 0. The van der Waals surface area contributed by atoms with E-state index in [1.165, 1.54) is 0 Å². The molecule has 2 aliphatic rings. The molecule has 2 aromatic rings. The first-order valence-electron chi connectivity index (χ1n) is 10.1. The molecule has 160 valence electrons. The summed E-state index contributed by atoms with van der Waals surface area (Å²) in [5.41, 5.74) is 1.17. The van der Waals surface area contributed by atoms with E-state index in [9.17, 15) is 19.2 Å². The van der Waals surface area contributed by atoms with Crippen molar-refractivity contribution < 1.29 is 19.2 Å². The third-order valence-electron chi connectivity index (χ3n) is 5.54. The van der Waals surface area contributed by atoms with Crippen molar-refractivity contribution >= 4 is 34.4 Å². The Morgan fingerprint density at radius 2 is 0.938 bits per heavy atom. The van der Waals surface area contributed by atoms with Gasteiger partial charge in [-0.1, -0.05) is 11.8 Å². The van der Waals surface area contributed by atoms with Crippen LogP contribution in [0.2, 0.25) is 0 Å². The predicted octanol–water partition coefficient (Wildman–Crippen LogP) is 0.477. The summed E-state index contributed by atoms with van der Waals surface area (Å²) in [5, 5.41) is 6.63. The molecule has 4 amide bonds. The molecule has 2 heterocycles. The second kappa shape index (κ2) is 8.64. The van der Waals surface area contributed by atoms with E-state index in [-0.39, 0.29) is 13.1 Å². The summed E-state index contributed by atoms with van der Waals surface area (Å²) >= 11 is 0. The highest BCUT2D eigenvalue weighted by Gasteiger charge is 2.39. The Balaban J connectivity index is 1.72. The van der Waals surface area contributed by atoms with Crippen molar-refractivity contribution in [2.45, 2.75) is 0 Å². The number of hydrogen-bond donors (Lipinski definition) is 2. The molecule has 32 heavy (non-hydrogen) atoms. The molecule has 2 aromatic carbocycles. The van der Waals surface area contributed by atoms with Gasteiger partial charge in [0.25, 0.3) is 23.6 Å². The van der Waals surface area contributed by atoms with Crippen molar-refractivity contribution in [3.8, 4) is 24.7 Å². The summed E-state index contributed by atoms with van der Waals surface area (Å²) in [6.07, 6.45) is 10.4. The Hall–Kier alpha value is -3.98. The minimum absolute atomic E-state index is 0.153. The smallest absolute Gasteiger partial charge is 0.261 e. The normalized spacial score (nSPS) is 14.7. The van der Waals surface area contributed by atoms with Gasteiger partial charge in [0.15, 0.2) is 0 Å². The van der Waals surface area contributed by atoms with Gasteiger partial charge in [-0.25, -0.2) is 0 Å². The van der Waals surface area contributed by atoms with Gasteiger partial charge in [0.05, 0.1) is 13.1 Å². The number of carbonyl (C=O) groups excluding carboxylic acids is 4. The minimum atomic E-state index is -0.463. The number of carbonyl (C=O) groups is 4. The zero-order valence-electron chi connectivity index (χ0n) is 17.2. The van der Waals surface area contributed by atoms with E-state index in [1.807, 2.05) is 0 Å². The number of hydrogen-bond acceptors (Lipinski definition) is 6. The fourth-order valence-electron chi connectivity index (χ4n) is 4.08. The highest BCUT2D eigenvalue weighted by atomic mass is 16.2. The van der Waals surface area contributed by atoms with Crippen molar-refractivity contribution in [2.24, 2.45) is 0 Å². The molecule has 8 heteroatoms. The molecule has 8 nitrogen and oxygen atoms in total. The number of imide groups is 2. The fraction of sp³-hybridized carbons (Fsp3) is 0.250. The van der Waals surface area contributed by atoms with Crippen molar-refractivity contribution in [2.75, 3.05) is 39.3 Å². The number of nitrogens with zero attached hydrogens (tertiary/aromatic N) is 2. The lowest BCUT2D eigenvalue weighted by molar-refractivity contribution is 0.0591. The average molecular weight is 428 g/mol. The first-order valence-corrected chi connectivity index (χ1v) is 10.1. The average Bonchev–Trinajstić information content (AvgIpc) is 2.80. The summed E-state index contributed by atoms with van der Waals surface area (Å²) in [5.74, 6) is 3.02. The topological polar surface area (TPSA) is 98.8 Å². The van der Waals surface area contributed by atoms with Crippen LogP contribution in [-0.2, 0) is 0 Å². The molecular formula is C24H20N4O4. The lowest BCUT2D eigenvalue weighted by atomic mass is 9.86. The second-order valence-electron chi connectivity index (χ2n) is 7.36. The van der Waals surface area contributed by atoms with Crippen LogP contribution in [0.3, 0.4) is 0 Å². The number of benzene rings is 2. The van der Waals surface area contributed by atoms with Gasteiger partial charge in [-0.2, -0.15) is 0 Å². The van der Waals surface area contributed by atoms with Crippen LogP contribution >= 0.6 is 0 Å². The van der Waals surface area contributed by atoms with Gasteiger partial charge in [-0.3, -0.25) is 29.0 Å². The second-order valence-corrected chi connectivity index (χ2v) is 7.36. The van der Waals surface area contributed by atoms with Gasteiger partial charge >= 0.3 is 0 Å². The minimum Gasteiger partial charge on any atom is -0.304 e. The molecule has 0 unspecified atom stereocenters. The quantitative estimate of drug-likeness (QED) is 0.361. The van der Waals surface area contributed by atoms with Gasteiger partial charge in [-0.15, -0.1) is 12.8 Å². The highest BCUT2D eigenvalue weighted by Crippen LogP contribution is 2.37. The molecule has 0 saturated heterocycles. The molecule has 0 aromatic heterocycles. The molecule has 0 atom stereocenters. The lowest BCUT2D eigenvalue weighted by Crippen LogP contribution is -2.46. The standard InChI is InChI=1S/C24H20N4O4/c1-3-9-25-11-13-27-21(29)15-5-7-17-20-18(8-6-16(19(15)20)22(27)30)24(32)28(23(17)31)14-12-26-10-4-2/h1-2,5-8,25-26H,9-14H2. The monoisotopic (exact) mass is 428 g/mol. The molecule has 0 saturated carbocycles. The number of rotatable bonds is 8. The Kier molecular flexibility index (Phi) is 5.74. The van der Waals surface area contributed by atoms with Crippen LogP contribution in [0.15, 0.2) is 24.3 Å². The van der Waals surface area contributed by atoms with E-state index in [4.69, 9.17) is 12.8 Å².